The highest BCUT2D eigenvalue weighted by Crippen LogP contribution is 1.95. The van der Waals surface area contributed by atoms with Gasteiger partial charge in [0.15, 0.2) is 6.21 Å². The van der Waals surface area contributed by atoms with Crippen molar-refractivity contribution in [1.82, 2.24) is 5.32 Å². The molecule has 16 heavy (non-hydrogen) atoms. The Morgan fingerprint density at radius 1 is 1.12 bits per heavy atom. The van der Waals surface area contributed by atoms with Gasteiger partial charge in [-0.3, -0.25) is 0 Å². The number of nitrogens with one attached hydrogen (secondary N) is 2. The second kappa shape index (κ2) is 12.6. The van der Waals surface area contributed by atoms with E-state index >= 15 is 0 Å². The topological polar surface area (TPSA) is 26.0 Å². The highest BCUT2D eigenvalue weighted by molar-refractivity contribution is 6.38. The lowest BCUT2D eigenvalue weighted by Gasteiger charge is -1.96. The second-order valence-electron chi connectivity index (χ2n) is 4.00. The van der Waals surface area contributed by atoms with Crippen molar-refractivity contribution in [3.05, 3.63) is 11.2 Å². The predicted octanol–water partition coefficient (Wildman–Crippen LogP) is 2.19. The van der Waals surface area contributed by atoms with Crippen LogP contribution in [-0.4, -0.2) is 19.3 Å². The Kier molecular flexibility index (Phi) is 12.2. The zero-order valence-corrected chi connectivity index (χ0v) is 11.4. The van der Waals surface area contributed by atoms with E-state index in [1.165, 1.54) is 38.5 Å². The van der Waals surface area contributed by atoms with Gasteiger partial charge in [0.05, 0.1) is 0 Å². The molecule has 0 atom stereocenters. The summed E-state index contributed by atoms with van der Waals surface area (Å²) in [6, 6.07) is 0. The van der Waals surface area contributed by atoms with Crippen LogP contribution in [0.25, 0.3) is 0 Å². The first-order chi connectivity index (χ1) is 7.81. The summed E-state index contributed by atoms with van der Waals surface area (Å²) in [5.74, 6) is 0. The van der Waals surface area contributed by atoms with Crippen LogP contribution in [-0.2, 0) is 0 Å². The van der Waals surface area contributed by atoms with Crippen LogP contribution < -0.4 is 10.3 Å². The lowest BCUT2D eigenvalue weighted by atomic mass is 10.2. The van der Waals surface area contributed by atoms with Crippen molar-refractivity contribution in [3.63, 3.8) is 0 Å². The van der Waals surface area contributed by atoms with Gasteiger partial charge in [-0.1, -0.05) is 44.7 Å². The van der Waals surface area contributed by atoms with Gasteiger partial charge in [0.2, 0.25) is 0 Å². The Morgan fingerprint density at radius 2 is 1.88 bits per heavy atom. The van der Waals surface area contributed by atoms with E-state index in [0.29, 0.717) is 0 Å². The molecule has 0 aromatic rings. The van der Waals surface area contributed by atoms with Crippen LogP contribution in [0.15, 0.2) is 11.2 Å². The molecule has 0 aliphatic heterocycles. The van der Waals surface area contributed by atoms with Crippen molar-refractivity contribution in [2.75, 3.05) is 13.1 Å². The molecule has 0 saturated carbocycles. The van der Waals surface area contributed by atoms with Crippen molar-refractivity contribution in [2.45, 2.75) is 52.4 Å². The standard InChI is InChI=1S/C13H25ClN2/c1-3-5-7-8-10-16-12-13(14)11-15-9-6-4-2/h11-12,15H,3-10H2,1-2H3/p+1/b13-11-,16-12?. The minimum atomic E-state index is 0.742. The third-order valence-electron chi connectivity index (χ3n) is 2.33. The molecule has 2 N–H and O–H groups in total. The lowest BCUT2D eigenvalue weighted by Crippen LogP contribution is -2.69. The number of halogens is 1. The highest BCUT2D eigenvalue weighted by Gasteiger charge is 1.92. The van der Waals surface area contributed by atoms with Crippen LogP contribution in [0.1, 0.15) is 52.4 Å². The maximum atomic E-state index is 5.98. The van der Waals surface area contributed by atoms with Gasteiger partial charge in [0, 0.05) is 19.2 Å². The fourth-order valence-corrected chi connectivity index (χ4v) is 1.47. The van der Waals surface area contributed by atoms with E-state index in [2.05, 4.69) is 24.2 Å². The molecule has 3 heteroatoms. The summed E-state index contributed by atoms with van der Waals surface area (Å²) in [5.41, 5.74) is 0. The van der Waals surface area contributed by atoms with E-state index in [9.17, 15) is 0 Å². The van der Waals surface area contributed by atoms with Crippen LogP contribution in [0.3, 0.4) is 0 Å². The van der Waals surface area contributed by atoms with Crippen molar-refractivity contribution in [1.29, 1.82) is 0 Å². The first-order valence-corrected chi connectivity index (χ1v) is 6.84. The molecular weight excluding hydrogens is 220 g/mol. The normalized spacial score (nSPS) is 12.3. The number of rotatable bonds is 10. The zero-order valence-electron chi connectivity index (χ0n) is 10.7. The van der Waals surface area contributed by atoms with Gasteiger partial charge in [-0.2, -0.15) is 0 Å². The van der Waals surface area contributed by atoms with E-state index in [0.717, 1.165) is 18.1 Å². The SMILES string of the molecule is CCCCCC[NH+]=C/C(Cl)=C/NCCCC. The van der Waals surface area contributed by atoms with E-state index in [1.54, 1.807) is 0 Å². The monoisotopic (exact) mass is 245 g/mol. The minimum Gasteiger partial charge on any atom is -0.390 e. The van der Waals surface area contributed by atoms with Crippen LogP contribution in [0.2, 0.25) is 0 Å². The number of hydrogen-bond donors (Lipinski definition) is 2. The Labute approximate surface area is 105 Å². The molecular formula is C13H26ClN2+. The third-order valence-corrected chi connectivity index (χ3v) is 2.55. The molecule has 2 nitrogen and oxygen atoms in total. The molecule has 0 amide bonds. The predicted molar refractivity (Wildman–Crippen MR) is 72.9 cm³/mol. The fraction of sp³-hybridized carbons (Fsp3) is 0.769. The van der Waals surface area contributed by atoms with Gasteiger partial charge < -0.3 is 5.32 Å². The minimum absolute atomic E-state index is 0.742. The maximum absolute atomic E-state index is 5.98. The van der Waals surface area contributed by atoms with Crippen LogP contribution >= 0.6 is 11.6 Å². The van der Waals surface area contributed by atoms with Crippen molar-refractivity contribution in [2.24, 2.45) is 0 Å². The lowest BCUT2D eigenvalue weighted by molar-refractivity contribution is -0.451. The van der Waals surface area contributed by atoms with Crippen LogP contribution in [0.5, 0.6) is 0 Å². The molecule has 0 aliphatic carbocycles. The average molecular weight is 246 g/mol. The summed E-state index contributed by atoms with van der Waals surface area (Å²) >= 11 is 5.98. The first kappa shape index (κ1) is 15.5. The van der Waals surface area contributed by atoms with E-state index in [1.807, 2.05) is 12.4 Å². The quantitative estimate of drug-likeness (QED) is 0.448. The van der Waals surface area contributed by atoms with Crippen LogP contribution in [0, 0.1) is 0 Å². The molecule has 0 rings (SSSR count). The summed E-state index contributed by atoms with van der Waals surface area (Å²) in [4.78, 5) is 3.22. The van der Waals surface area contributed by atoms with Gasteiger partial charge in [-0.15, -0.1) is 0 Å². The average Bonchev–Trinajstić information content (AvgIpc) is 2.29. The van der Waals surface area contributed by atoms with Gasteiger partial charge in [0.25, 0.3) is 0 Å². The van der Waals surface area contributed by atoms with E-state index < -0.39 is 0 Å². The summed E-state index contributed by atoms with van der Waals surface area (Å²) in [7, 11) is 0. The summed E-state index contributed by atoms with van der Waals surface area (Å²) in [6.07, 6.45) is 11.2. The van der Waals surface area contributed by atoms with E-state index in [-0.39, 0.29) is 0 Å². The molecule has 0 spiro atoms. The zero-order chi connectivity index (χ0) is 12.1. The molecule has 0 saturated heterocycles. The third kappa shape index (κ3) is 11.6. The molecule has 0 bridgehead atoms. The summed E-state index contributed by atoms with van der Waals surface area (Å²) in [5, 5.41) is 3.92. The van der Waals surface area contributed by atoms with Crippen molar-refractivity contribution >= 4 is 17.8 Å². The summed E-state index contributed by atoms with van der Waals surface area (Å²) in [6.45, 7) is 6.41. The van der Waals surface area contributed by atoms with E-state index in [4.69, 9.17) is 11.6 Å². The first-order valence-electron chi connectivity index (χ1n) is 6.47. The smallest absolute Gasteiger partial charge is 0.182 e. The molecule has 0 aromatic heterocycles. The molecule has 0 aliphatic rings. The Hall–Kier alpha value is -0.500. The number of unbranched alkanes of at least 4 members (excludes halogenated alkanes) is 4. The van der Waals surface area contributed by atoms with Crippen molar-refractivity contribution in [3.8, 4) is 0 Å². The van der Waals surface area contributed by atoms with Gasteiger partial charge in [-0.05, 0) is 12.8 Å². The van der Waals surface area contributed by atoms with Gasteiger partial charge >= 0.3 is 0 Å². The van der Waals surface area contributed by atoms with Crippen molar-refractivity contribution < 1.29 is 4.99 Å². The fourth-order valence-electron chi connectivity index (χ4n) is 1.31. The van der Waals surface area contributed by atoms with Gasteiger partial charge in [-0.25, -0.2) is 4.99 Å². The molecule has 0 heterocycles. The molecule has 0 unspecified atom stereocenters. The Morgan fingerprint density at radius 3 is 2.56 bits per heavy atom. The largest absolute Gasteiger partial charge is 0.390 e. The Balaban J connectivity index is 3.45. The summed E-state index contributed by atoms with van der Waals surface area (Å²) < 4.78 is 0. The maximum Gasteiger partial charge on any atom is 0.182 e. The highest BCUT2D eigenvalue weighted by atomic mass is 35.5. The molecule has 0 fully saturated rings. The molecule has 0 aromatic carbocycles. The van der Waals surface area contributed by atoms with Crippen LogP contribution in [0.4, 0.5) is 0 Å². The van der Waals surface area contributed by atoms with Gasteiger partial charge in [0.1, 0.15) is 11.6 Å². The second-order valence-corrected chi connectivity index (χ2v) is 4.43. The Bertz CT molecular complexity index is 200. The molecule has 0 radical (unpaired) electrons. The molecule has 94 valence electrons. The number of allylic oxidation sites excluding steroid dienone is 1. The number of hydrogen-bond acceptors (Lipinski definition) is 1.